The zero-order chi connectivity index (χ0) is 8.72. The van der Waals surface area contributed by atoms with Crippen molar-refractivity contribution in [2.75, 3.05) is 5.73 Å². The summed E-state index contributed by atoms with van der Waals surface area (Å²) in [6.45, 7) is 4.05. The zero-order valence-corrected chi connectivity index (χ0v) is 7.29. The number of hydrogen-bond acceptors (Lipinski definition) is 3. The summed E-state index contributed by atoms with van der Waals surface area (Å²) < 4.78 is 5.59. The van der Waals surface area contributed by atoms with Gasteiger partial charge in [-0.1, -0.05) is 0 Å². The van der Waals surface area contributed by atoms with Gasteiger partial charge in [0.2, 0.25) is 0 Å². The van der Waals surface area contributed by atoms with E-state index in [1.165, 1.54) is 0 Å². The lowest BCUT2D eigenvalue weighted by Crippen LogP contribution is -2.21. The molecular formula is C8H13N3O. The maximum atomic E-state index is 5.59. The van der Waals surface area contributed by atoms with E-state index in [0.717, 1.165) is 17.8 Å². The molecule has 0 aromatic carbocycles. The van der Waals surface area contributed by atoms with E-state index in [1.807, 2.05) is 6.92 Å². The molecule has 0 radical (unpaired) electrons. The van der Waals surface area contributed by atoms with Gasteiger partial charge in [0.15, 0.2) is 5.95 Å². The first-order chi connectivity index (χ1) is 5.66. The minimum absolute atomic E-state index is 0.0669. The third-order valence-corrected chi connectivity index (χ3v) is 2.14. The molecule has 3 N–H and O–H groups in total. The Labute approximate surface area is 71.1 Å². The molecule has 4 heteroatoms. The van der Waals surface area contributed by atoms with Crippen molar-refractivity contribution in [1.29, 1.82) is 0 Å². The van der Waals surface area contributed by atoms with Crippen molar-refractivity contribution >= 4 is 5.95 Å². The molecular weight excluding hydrogens is 154 g/mol. The molecule has 2 rings (SSSR count). The first-order valence-electron chi connectivity index (χ1n) is 4.16. The molecule has 0 bridgehead atoms. The highest BCUT2D eigenvalue weighted by atomic mass is 16.5. The predicted octanol–water partition coefficient (Wildman–Crippen LogP) is 1.01. The molecule has 1 aromatic heterocycles. The fourth-order valence-electron chi connectivity index (χ4n) is 1.68. The van der Waals surface area contributed by atoms with E-state index in [-0.39, 0.29) is 12.2 Å². The highest BCUT2D eigenvalue weighted by Gasteiger charge is 2.24. The molecule has 1 aromatic rings. The molecule has 66 valence electrons. The monoisotopic (exact) mass is 167 g/mol. The highest BCUT2D eigenvalue weighted by Crippen LogP contribution is 2.28. The number of rotatable bonds is 0. The summed E-state index contributed by atoms with van der Waals surface area (Å²) in [7, 11) is 0. The molecule has 0 aliphatic carbocycles. The molecule has 0 fully saturated rings. The van der Waals surface area contributed by atoms with Crippen LogP contribution in [0.5, 0.6) is 0 Å². The number of hydrogen-bond donors (Lipinski definition) is 2. The lowest BCUT2D eigenvalue weighted by molar-refractivity contribution is -0.00754. The van der Waals surface area contributed by atoms with Gasteiger partial charge in [-0.2, -0.15) is 0 Å². The third kappa shape index (κ3) is 1.08. The van der Waals surface area contributed by atoms with Gasteiger partial charge in [-0.15, -0.1) is 0 Å². The number of H-pyrrole nitrogens is 1. The molecule has 4 nitrogen and oxygen atoms in total. The molecule has 0 saturated carbocycles. The SMILES string of the molecule is CC1Cc2[nH]c(N)nc2C(C)O1. The van der Waals surface area contributed by atoms with Crippen LogP contribution in [0.4, 0.5) is 5.95 Å². The van der Waals surface area contributed by atoms with Gasteiger partial charge in [0.25, 0.3) is 0 Å². The van der Waals surface area contributed by atoms with Crippen molar-refractivity contribution in [2.45, 2.75) is 32.5 Å². The number of fused-ring (bicyclic) bond motifs is 1. The normalized spacial score (nSPS) is 28.5. The largest absolute Gasteiger partial charge is 0.369 e. The van der Waals surface area contributed by atoms with Gasteiger partial charge in [0.1, 0.15) is 0 Å². The molecule has 0 spiro atoms. The fraction of sp³-hybridized carbons (Fsp3) is 0.625. The first kappa shape index (κ1) is 7.61. The van der Waals surface area contributed by atoms with E-state index < -0.39 is 0 Å². The summed E-state index contributed by atoms with van der Waals surface area (Å²) in [5.41, 5.74) is 7.63. The molecule has 12 heavy (non-hydrogen) atoms. The molecule has 2 atom stereocenters. The fourth-order valence-corrected chi connectivity index (χ4v) is 1.68. The lowest BCUT2D eigenvalue weighted by atomic mass is 10.1. The number of aromatic amines is 1. The first-order valence-corrected chi connectivity index (χ1v) is 4.16. The van der Waals surface area contributed by atoms with Crippen LogP contribution in [0, 0.1) is 0 Å². The standard InChI is InChI=1S/C8H13N3O/c1-4-3-6-7(5(2)12-4)11-8(9)10-6/h4-5H,3H2,1-2H3,(H3,9,10,11). The van der Waals surface area contributed by atoms with Crippen molar-refractivity contribution in [3.8, 4) is 0 Å². The number of nitrogens with two attached hydrogens (primary N) is 1. The van der Waals surface area contributed by atoms with Crippen LogP contribution >= 0.6 is 0 Å². The van der Waals surface area contributed by atoms with Crippen molar-refractivity contribution < 1.29 is 4.74 Å². The van der Waals surface area contributed by atoms with E-state index in [0.29, 0.717) is 5.95 Å². The summed E-state index contributed by atoms with van der Waals surface area (Å²) >= 11 is 0. The lowest BCUT2D eigenvalue weighted by Gasteiger charge is -2.23. The molecule has 0 saturated heterocycles. The van der Waals surface area contributed by atoms with Gasteiger partial charge in [-0.05, 0) is 13.8 Å². The Morgan fingerprint density at radius 3 is 3.08 bits per heavy atom. The maximum absolute atomic E-state index is 5.59. The van der Waals surface area contributed by atoms with E-state index in [1.54, 1.807) is 0 Å². The Bertz CT molecular complexity index is 294. The van der Waals surface area contributed by atoms with Crippen LogP contribution in [-0.4, -0.2) is 16.1 Å². The van der Waals surface area contributed by atoms with Gasteiger partial charge in [0.05, 0.1) is 17.9 Å². The van der Waals surface area contributed by atoms with Crippen molar-refractivity contribution in [1.82, 2.24) is 9.97 Å². The van der Waals surface area contributed by atoms with Crippen LogP contribution in [0.15, 0.2) is 0 Å². The minimum Gasteiger partial charge on any atom is -0.369 e. The molecule has 2 unspecified atom stereocenters. The smallest absolute Gasteiger partial charge is 0.198 e. The Hall–Kier alpha value is -1.03. The minimum atomic E-state index is 0.0669. The summed E-state index contributed by atoms with van der Waals surface area (Å²) in [6, 6.07) is 0. The number of nitrogens with zero attached hydrogens (tertiary/aromatic N) is 1. The summed E-state index contributed by atoms with van der Waals surface area (Å²) in [5, 5.41) is 0. The van der Waals surface area contributed by atoms with Gasteiger partial charge in [0, 0.05) is 12.1 Å². The van der Waals surface area contributed by atoms with Gasteiger partial charge in [-0.25, -0.2) is 4.98 Å². The Balaban J connectivity index is 2.40. The number of ether oxygens (including phenoxy) is 1. The highest BCUT2D eigenvalue weighted by molar-refractivity contribution is 5.29. The Morgan fingerprint density at radius 2 is 2.33 bits per heavy atom. The van der Waals surface area contributed by atoms with Gasteiger partial charge < -0.3 is 15.5 Å². The van der Waals surface area contributed by atoms with E-state index in [2.05, 4.69) is 16.9 Å². The second kappa shape index (κ2) is 2.48. The second-order valence-electron chi connectivity index (χ2n) is 3.28. The van der Waals surface area contributed by atoms with Crippen LogP contribution in [0.25, 0.3) is 0 Å². The van der Waals surface area contributed by atoms with E-state index in [9.17, 15) is 0 Å². The maximum Gasteiger partial charge on any atom is 0.198 e. The average Bonchev–Trinajstić information content (AvgIpc) is 2.29. The molecule has 2 heterocycles. The van der Waals surface area contributed by atoms with Crippen LogP contribution < -0.4 is 5.73 Å². The summed E-state index contributed by atoms with van der Waals surface area (Å²) in [6.07, 6.45) is 1.20. The predicted molar refractivity (Wildman–Crippen MR) is 45.7 cm³/mol. The van der Waals surface area contributed by atoms with Crippen molar-refractivity contribution in [3.63, 3.8) is 0 Å². The van der Waals surface area contributed by atoms with E-state index >= 15 is 0 Å². The van der Waals surface area contributed by atoms with Crippen molar-refractivity contribution in [3.05, 3.63) is 11.4 Å². The number of anilines is 1. The molecule has 1 aliphatic rings. The van der Waals surface area contributed by atoms with Crippen LogP contribution in [0.3, 0.4) is 0 Å². The van der Waals surface area contributed by atoms with Crippen molar-refractivity contribution in [2.24, 2.45) is 0 Å². The number of nitrogen functional groups attached to an aromatic ring is 1. The number of nitrogens with one attached hydrogen (secondary N) is 1. The zero-order valence-electron chi connectivity index (χ0n) is 7.29. The Kier molecular flexibility index (Phi) is 1.58. The van der Waals surface area contributed by atoms with Crippen LogP contribution in [-0.2, 0) is 11.2 Å². The average molecular weight is 167 g/mol. The molecule has 0 amide bonds. The van der Waals surface area contributed by atoms with Gasteiger partial charge in [-0.3, -0.25) is 0 Å². The van der Waals surface area contributed by atoms with E-state index in [4.69, 9.17) is 10.5 Å². The Morgan fingerprint density at radius 1 is 1.58 bits per heavy atom. The molecule has 1 aliphatic heterocycles. The van der Waals surface area contributed by atoms with Gasteiger partial charge >= 0.3 is 0 Å². The quantitative estimate of drug-likeness (QED) is 0.606. The summed E-state index contributed by atoms with van der Waals surface area (Å²) in [4.78, 5) is 7.21. The van der Waals surface area contributed by atoms with Crippen LogP contribution in [0.1, 0.15) is 31.3 Å². The second-order valence-corrected chi connectivity index (χ2v) is 3.28. The number of imidazole rings is 1. The topological polar surface area (TPSA) is 63.9 Å². The van der Waals surface area contributed by atoms with Crippen LogP contribution in [0.2, 0.25) is 0 Å². The number of aromatic nitrogens is 2. The summed E-state index contributed by atoms with van der Waals surface area (Å²) in [5.74, 6) is 0.490. The third-order valence-electron chi connectivity index (χ3n) is 2.14.